The summed E-state index contributed by atoms with van der Waals surface area (Å²) < 4.78 is 27.9. The number of piperazine rings is 1. The van der Waals surface area contributed by atoms with Crippen LogP contribution in [0.3, 0.4) is 0 Å². The summed E-state index contributed by atoms with van der Waals surface area (Å²) >= 11 is 0. The smallest absolute Gasteiger partial charge is 0.282 e. The summed E-state index contributed by atoms with van der Waals surface area (Å²) in [5.41, 5.74) is 0.973. The first-order chi connectivity index (χ1) is 9.86. The van der Waals surface area contributed by atoms with Gasteiger partial charge in [-0.15, -0.1) is 0 Å². The van der Waals surface area contributed by atoms with Crippen LogP contribution in [-0.2, 0) is 10.2 Å². The van der Waals surface area contributed by atoms with Crippen LogP contribution in [0.15, 0.2) is 18.2 Å². The van der Waals surface area contributed by atoms with Crippen molar-refractivity contribution in [2.45, 2.75) is 26.8 Å². The van der Waals surface area contributed by atoms with Gasteiger partial charge in [-0.3, -0.25) is 0 Å². The van der Waals surface area contributed by atoms with Gasteiger partial charge < -0.3 is 4.90 Å². The Balaban J connectivity index is 2.13. The summed E-state index contributed by atoms with van der Waals surface area (Å²) in [5, 5.41) is 0. The Labute approximate surface area is 127 Å². The van der Waals surface area contributed by atoms with E-state index in [2.05, 4.69) is 9.88 Å². The van der Waals surface area contributed by atoms with E-state index in [1.807, 2.05) is 39.0 Å². The molecule has 0 aliphatic carbocycles. The molecule has 118 valence electrons. The molecule has 0 amide bonds. The number of hydrogen-bond donors (Lipinski definition) is 0. The van der Waals surface area contributed by atoms with Crippen LogP contribution in [0.5, 0.6) is 0 Å². The molecule has 6 nitrogen and oxygen atoms in total. The molecule has 0 saturated carbocycles. The fraction of sp³-hybridized carbons (Fsp3) is 0.643. The summed E-state index contributed by atoms with van der Waals surface area (Å²) in [6.07, 6.45) is 0. The number of aromatic nitrogens is 1. The predicted octanol–water partition coefficient (Wildman–Crippen LogP) is 1.10. The lowest BCUT2D eigenvalue weighted by Gasteiger charge is -2.40. The van der Waals surface area contributed by atoms with E-state index in [0.29, 0.717) is 26.2 Å². The van der Waals surface area contributed by atoms with Crippen molar-refractivity contribution >= 4 is 16.0 Å². The van der Waals surface area contributed by atoms with E-state index in [9.17, 15) is 8.42 Å². The first kappa shape index (κ1) is 16.2. The highest BCUT2D eigenvalue weighted by molar-refractivity contribution is 7.86. The third-order valence-electron chi connectivity index (χ3n) is 3.90. The first-order valence-corrected chi connectivity index (χ1v) is 8.67. The van der Waals surface area contributed by atoms with E-state index in [-0.39, 0.29) is 6.04 Å². The summed E-state index contributed by atoms with van der Waals surface area (Å²) in [7, 11) is -1.73. The largest absolute Gasteiger partial charge is 0.354 e. The molecular formula is C14H24N4O2S. The van der Waals surface area contributed by atoms with Crippen LogP contribution in [-0.4, -0.2) is 61.3 Å². The molecule has 0 bridgehead atoms. The number of nitrogens with zero attached hydrogens (tertiary/aromatic N) is 4. The van der Waals surface area contributed by atoms with Crippen LogP contribution in [0.2, 0.25) is 0 Å². The molecule has 2 heterocycles. The molecule has 1 aliphatic rings. The van der Waals surface area contributed by atoms with Crippen molar-refractivity contribution in [1.29, 1.82) is 0 Å². The van der Waals surface area contributed by atoms with Gasteiger partial charge >= 0.3 is 0 Å². The second-order valence-electron chi connectivity index (χ2n) is 5.46. The highest BCUT2D eigenvalue weighted by Crippen LogP contribution is 2.20. The fourth-order valence-corrected chi connectivity index (χ4v) is 4.06. The van der Waals surface area contributed by atoms with E-state index in [4.69, 9.17) is 0 Å². The Morgan fingerprint density at radius 1 is 1.38 bits per heavy atom. The number of rotatable bonds is 4. The van der Waals surface area contributed by atoms with Crippen LogP contribution >= 0.6 is 0 Å². The highest BCUT2D eigenvalue weighted by atomic mass is 32.2. The molecule has 2 rings (SSSR count). The SMILES string of the molecule is CCN(C)S(=O)(=O)N1CCN(c2cccc(C)n2)C[C@@H]1C. The molecule has 7 heteroatoms. The Morgan fingerprint density at radius 3 is 2.67 bits per heavy atom. The average molecular weight is 312 g/mol. The van der Waals surface area contributed by atoms with Gasteiger partial charge in [-0.05, 0) is 26.0 Å². The molecule has 0 unspecified atom stereocenters. The fourth-order valence-electron chi connectivity index (χ4n) is 2.54. The van der Waals surface area contributed by atoms with Gasteiger partial charge in [0.25, 0.3) is 10.2 Å². The van der Waals surface area contributed by atoms with Gasteiger partial charge in [-0.1, -0.05) is 13.0 Å². The second kappa shape index (κ2) is 6.29. The third-order valence-corrected chi connectivity index (χ3v) is 6.08. The molecule has 21 heavy (non-hydrogen) atoms. The van der Waals surface area contributed by atoms with Gasteiger partial charge in [0.15, 0.2) is 0 Å². The van der Waals surface area contributed by atoms with Gasteiger partial charge in [0.2, 0.25) is 0 Å². The van der Waals surface area contributed by atoms with E-state index in [1.54, 1.807) is 11.4 Å². The van der Waals surface area contributed by atoms with Crippen molar-refractivity contribution in [2.75, 3.05) is 38.1 Å². The average Bonchev–Trinajstić information content (AvgIpc) is 2.45. The molecule has 1 aromatic heterocycles. The minimum absolute atomic E-state index is 0.0694. The molecule has 1 atom stereocenters. The quantitative estimate of drug-likeness (QED) is 0.835. The van der Waals surface area contributed by atoms with Gasteiger partial charge in [-0.2, -0.15) is 17.0 Å². The molecule has 0 aromatic carbocycles. The second-order valence-corrected chi connectivity index (χ2v) is 7.45. The van der Waals surface area contributed by atoms with E-state index < -0.39 is 10.2 Å². The summed E-state index contributed by atoms with van der Waals surface area (Å²) in [5.74, 6) is 0.919. The maximum atomic E-state index is 12.4. The zero-order valence-electron chi connectivity index (χ0n) is 13.2. The zero-order chi connectivity index (χ0) is 15.6. The van der Waals surface area contributed by atoms with Crippen LogP contribution in [0, 0.1) is 6.92 Å². The molecular weight excluding hydrogens is 288 g/mol. The Hall–Kier alpha value is -1.18. The summed E-state index contributed by atoms with van der Waals surface area (Å²) in [6, 6.07) is 5.85. The molecule has 1 aliphatic heterocycles. The van der Waals surface area contributed by atoms with Crippen molar-refractivity contribution < 1.29 is 8.42 Å². The summed E-state index contributed by atoms with van der Waals surface area (Å²) in [4.78, 5) is 6.67. The van der Waals surface area contributed by atoms with E-state index in [1.165, 1.54) is 4.31 Å². The van der Waals surface area contributed by atoms with Crippen molar-refractivity contribution in [1.82, 2.24) is 13.6 Å². The van der Waals surface area contributed by atoms with Gasteiger partial charge in [0.05, 0.1) is 0 Å². The lowest BCUT2D eigenvalue weighted by atomic mass is 10.2. The topological polar surface area (TPSA) is 56.8 Å². The van der Waals surface area contributed by atoms with E-state index in [0.717, 1.165) is 11.5 Å². The van der Waals surface area contributed by atoms with Crippen LogP contribution in [0.25, 0.3) is 0 Å². The maximum Gasteiger partial charge on any atom is 0.282 e. The molecule has 1 aromatic rings. The molecule has 0 radical (unpaired) electrons. The first-order valence-electron chi connectivity index (χ1n) is 7.28. The number of aryl methyl sites for hydroxylation is 1. The predicted molar refractivity (Wildman–Crippen MR) is 84.6 cm³/mol. The Bertz CT molecular complexity index is 590. The third kappa shape index (κ3) is 3.36. The van der Waals surface area contributed by atoms with Gasteiger partial charge in [-0.25, -0.2) is 4.98 Å². The lowest BCUT2D eigenvalue weighted by molar-refractivity contribution is 0.283. The number of anilines is 1. The summed E-state index contributed by atoms with van der Waals surface area (Å²) in [6.45, 7) is 8.05. The number of hydrogen-bond acceptors (Lipinski definition) is 4. The van der Waals surface area contributed by atoms with Crippen molar-refractivity contribution in [3.8, 4) is 0 Å². The monoisotopic (exact) mass is 312 g/mol. The van der Waals surface area contributed by atoms with E-state index >= 15 is 0 Å². The Morgan fingerprint density at radius 2 is 2.10 bits per heavy atom. The number of pyridine rings is 1. The molecule has 0 N–H and O–H groups in total. The van der Waals surface area contributed by atoms with Crippen molar-refractivity contribution in [3.05, 3.63) is 23.9 Å². The zero-order valence-corrected chi connectivity index (χ0v) is 14.0. The molecule has 0 spiro atoms. The van der Waals surface area contributed by atoms with Gasteiger partial charge in [0.1, 0.15) is 5.82 Å². The molecule has 1 fully saturated rings. The molecule has 1 saturated heterocycles. The van der Waals surface area contributed by atoms with Crippen LogP contribution < -0.4 is 4.90 Å². The van der Waals surface area contributed by atoms with Crippen LogP contribution in [0.1, 0.15) is 19.5 Å². The standard InChI is InChI=1S/C14H24N4O2S/c1-5-16(4)21(19,20)18-10-9-17(11-13(18)3)14-8-6-7-12(2)15-14/h6-8,13H,5,9-11H2,1-4H3/t13-/m0/s1. The lowest BCUT2D eigenvalue weighted by Crippen LogP contribution is -2.57. The van der Waals surface area contributed by atoms with Crippen molar-refractivity contribution in [3.63, 3.8) is 0 Å². The minimum Gasteiger partial charge on any atom is -0.354 e. The Kier molecular flexibility index (Phi) is 4.85. The highest BCUT2D eigenvalue weighted by Gasteiger charge is 2.34. The van der Waals surface area contributed by atoms with Crippen molar-refractivity contribution in [2.24, 2.45) is 0 Å². The minimum atomic E-state index is -3.36. The normalized spacial score (nSPS) is 21.0. The maximum absolute atomic E-state index is 12.4. The van der Waals surface area contributed by atoms with Crippen LogP contribution in [0.4, 0.5) is 5.82 Å². The van der Waals surface area contributed by atoms with Gasteiger partial charge in [0, 0.05) is 45.0 Å².